The molecular formula is C16H15F3N2O4. The maximum atomic E-state index is 14.1. The number of carbonyl (C=O) groups is 1. The van der Waals surface area contributed by atoms with Crippen molar-refractivity contribution in [2.24, 2.45) is 0 Å². The van der Waals surface area contributed by atoms with E-state index >= 15 is 0 Å². The lowest BCUT2D eigenvalue weighted by Crippen LogP contribution is -2.30. The quantitative estimate of drug-likeness (QED) is 0.569. The highest BCUT2D eigenvalue weighted by Crippen LogP contribution is 2.27. The zero-order valence-corrected chi connectivity index (χ0v) is 12.8. The van der Waals surface area contributed by atoms with Crippen molar-refractivity contribution in [1.82, 2.24) is 5.48 Å². The fourth-order valence-electron chi connectivity index (χ4n) is 1.87. The summed E-state index contributed by atoms with van der Waals surface area (Å²) < 4.78 is 41.3. The number of rotatable bonds is 7. The highest BCUT2D eigenvalue weighted by molar-refractivity contribution is 5.99. The van der Waals surface area contributed by atoms with E-state index in [0.29, 0.717) is 0 Å². The van der Waals surface area contributed by atoms with Crippen LogP contribution in [0.25, 0.3) is 0 Å². The molecule has 0 heterocycles. The molecule has 2 aromatic rings. The number of aliphatic hydroxyl groups excluding tert-OH is 2. The summed E-state index contributed by atoms with van der Waals surface area (Å²) in [5, 5.41) is 20.1. The molecule has 0 saturated carbocycles. The molecule has 0 bridgehead atoms. The maximum absolute atomic E-state index is 14.1. The number of halogens is 3. The Morgan fingerprint density at radius 2 is 1.84 bits per heavy atom. The molecule has 0 aromatic heterocycles. The number of nitrogens with one attached hydrogen (secondary N) is 2. The molecule has 2 rings (SSSR count). The average Bonchev–Trinajstić information content (AvgIpc) is 2.60. The van der Waals surface area contributed by atoms with Crippen molar-refractivity contribution in [1.29, 1.82) is 0 Å². The molecule has 0 unspecified atom stereocenters. The van der Waals surface area contributed by atoms with Crippen LogP contribution >= 0.6 is 0 Å². The standard InChI is InChI=1S/C16H15F3N2O4/c17-11-3-1-2-4-13(11)20-15-10(5-6-12(18)14(15)19)16(24)21-25-8-9(23)7-22/h1-6,9,20,22-23H,7-8H2,(H,21,24)/t9-/m1/s1. The normalized spacial score (nSPS) is 11.9. The Labute approximate surface area is 140 Å². The first-order valence-corrected chi connectivity index (χ1v) is 7.14. The monoisotopic (exact) mass is 356 g/mol. The first kappa shape index (κ1) is 18.7. The van der Waals surface area contributed by atoms with Gasteiger partial charge < -0.3 is 15.5 Å². The average molecular weight is 356 g/mol. The minimum atomic E-state index is -1.37. The van der Waals surface area contributed by atoms with Gasteiger partial charge >= 0.3 is 0 Å². The van der Waals surface area contributed by atoms with Crippen molar-refractivity contribution in [3.8, 4) is 0 Å². The Kier molecular flexibility index (Phi) is 6.34. The predicted octanol–water partition coefficient (Wildman–Crippen LogP) is 1.86. The molecule has 2 aromatic carbocycles. The number of anilines is 2. The maximum Gasteiger partial charge on any atom is 0.277 e. The van der Waals surface area contributed by atoms with E-state index in [-0.39, 0.29) is 11.3 Å². The van der Waals surface area contributed by atoms with Crippen LogP contribution in [0.15, 0.2) is 36.4 Å². The van der Waals surface area contributed by atoms with Gasteiger partial charge in [-0.3, -0.25) is 9.63 Å². The van der Waals surface area contributed by atoms with Gasteiger partial charge in [0.05, 0.1) is 23.5 Å². The van der Waals surface area contributed by atoms with Crippen molar-refractivity contribution in [2.45, 2.75) is 6.10 Å². The summed E-state index contributed by atoms with van der Waals surface area (Å²) in [6, 6.07) is 7.01. The molecule has 0 fully saturated rings. The largest absolute Gasteiger partial charge is 0.394 e. The molecule has 1 amide bonds. The summed E-state index contributed by atoms with van der Waals surface area (Å²) >= 11 is 0. The second-order valence-electron chi connectivity index (χ2n) is 4.97. The van der Waals surface area contributed by atoms with E-state index in [2.05, 4.69) is 10.2 Å². The molecule has 134 valence electrons. The van der Waals surface area contributed by atoms with Crippen LogP contribution in [0.1, 0.15) is 10.4 Å². The van der Waals surface area contributed by atoms with Gasteiger partial charge in [-0.15, -0.1) is 0 Å². The van der Waals surface area contributed by atoms with Crippen LogP contribution in [-0.4, -0.2) is 35.4 Å². The van der Waals surface area contributed by atoms with Gasteiger partial charge in [0.15, 0.2) is 11.6 Å². The summed E-state index contributed by atoms with van der Waals surface area (Å²) in [6.45, 7) is -0.997. The number of benzene rings is 2. The van der Waals surface area contributed by atoms with Gasteiger partial charge in [-0.25, -0.2) is 18.7 Å². The van der Waals surface area contributed by atoms with E-state index in [1.54, 1.807) is 0 Å². The number of carbonyl (C=O) groups excluding carboxylic acids is 1. The molecule has 0 saturated heterocycles. The SMILES string of the molecule is O=C(NOC[C@H](O)CO)c1ccc(F)c(F)c1Nc1ccccc1F. The molecule has 25 heavy (non-hydrogen) atoms. The molecule has 0 aliphatic carbocycles. The van der Waals surface area contributed by atoms with Crippen molar-refractivity contribution < 1.29 is 33.0 Å². The second kappa shape index (κ2) is 8.47. The number of aliphatic hydroxyl groups is 2. The summed E-state index contributed by atoms with van der Waals surface area (Å²) in [5.41, 5.74) is 0.842. The van der Waals surface area contributed by atoms with Gasteiger partial charge in [0.25, 0.3) is 5.91 Å². The Hall–Kier alpha value is -2.62. The van der Waals surface area contributed by atoms with Crippen molar-refractivity contribution in [3.63, 3.8) is 0 Å². The number of hydroxylamine groups is 1. The minimum absolute atomic E-state index is 0.155. The molecule has 0 spiro atoms. The predicted molar refractivity (Wildman–Crippen MR) is 82.6 cm³/mol. The lowest BCUT2D eigenvalue weighted by molar-refractivity contribution is -0.0295. The van der Waals surface area contributed by atoms with Crippen LogP contribution in [0, 0.1) is 17.5 Å². The van der Waals surface area contributed by atoms with Gasteiger partial charge in [0.1, 0.15) is 18.5 Å². The van der Waals surface area contributed by atoms with E-state index in [1.807, 2.05) is 5.48 Å². The number of hydrogen-bond donors (Lipinski definition) is 4. The Morgan fingerprint density at radius 3 is 2.52 bits per heavy atom. The molecule has 6 nitrogen and oxygen atoms in total. The Morgan fingerprint density at radius 1 is 1.12 bits per heavy atom. The number of amides is 1. The lowest BCUT2D eigenvalue weighted by Gasteiger charge is -2.14. The van der Waals surface area contributed by atoms with E-state index < -0.39 is 48.4 Å². The molecule has 9 heteroatoms. The Bertz CT molecular complexity index is 758. The van der Waals surface area contributed by atoms with Crippen LogP contribution in [0.5, 0.6) is 0 Å². The van der Waals surface area contributed by atoms with Crippen LogP contribution in [0.2, 0.25) is 0 Å². The van der Waals surface area contributed by atoms with E-state index in [1.165, 1.54) is 18.2 Å². The molecule has 0 radical (unpaired) electrons. The van der Waals surface area contributed by atoms with Gasteiger partial charge in [-0.1, -0.05) is 12.1 Å². The fraction of sp³-hybridized carbons (Fsp3) is 0.188. The summed E-state index contributed by atoms with van der Waals surface area (Å²) in [7, 11) is 0. The topological polar surface area (TPSA) is 90.8 Å². The summed E-state index contributed by atoms with van der Waals surface area (Å²) in [5.74, 6) is -4.28. The fourth-order valence-corrected chi connectivity index (χ4v) is 1.87. The van der Waals surface area contributed by atoms with E-state index in [0.717, 1.165) is 18.2 Å². The minimum Gasteiger partial charge on any atom is -0.394 e. The third-order valence-electron chi connectivity index (χ3n) is 3.12. The smallest absolute Gasteiger partial charge is 0.277 e. The lowest BCUT2D eigenvalue weighted by atomic mass is 10.1. The van der Waals surface area contributed by atoms with Gasteiger partial charge in [-0.2, -0.15) is 0 Å². The van der Waals surface area contributed by atoms with Gasteiger partial charge in [0.2, 0.25) is 0 Å². The van der Waals surface area contributed by atoms with Crippen LogP contribution in [-0.2, 0) is 4.84 Å². The van der Waals surface area contributed by atoms with Crippen LogP contribution < -0.4 is 10.8 Å². The van der Waals surface area contributed by atoms with E-state index in [9.17, 15) is 18.0 Å². The molecule has 1 atom stereocenters. The third-order valence-corrected chi connectivity index (χ3v) is 3.12. The van der Waals surface area contributed by atoms with Crippen molar-refractivity contribution in [3.05, 3.63) is 59.4 Å². The second-order valence-corrected chi connectivity index (χ2v) is 4.97. The van der Waals surface area contributed by atoms with Gasteiger partial charge in [-0.05, 0) is 24.3 Å². The number of para-hydroxylation sites is 1. The molecule has 0 aliphatic heterocycles. The first-order chi connectivity index (χ1) is 11.9. The van der Waals surface area contributed by atoms with Crippen molar-refractivity contribution >= 4 is 17.3 Å². The summed E-state index contributed by atoms with van der Waals surface area (Å²) in [6.07, 6.45) is -1.22. The molecular weight excluding hydrogens is 341 g/mol. The van der Waals surface area contributed by atoms with Crippen LogP contribution in [0.4, 0.5) is 24.5 Å². The van der Waals surface area contributed by atoms with Crippen LogP contribution in [0.3, 0.4) is 0 Å². The molecule has 0 aliphatic rings. The zero-order valence-electron chi connectivity index (χ0n) is 12.8. The van der Waals surface area contributed by atoms with E-state index in [4.69, 9.17) is 10.2 Å². The van der Waals surface area contributed by atoms with Crippen molar-refractivity contribution in [2.75, 3.05) is 18.5 Å². The first-order valence-electron chi connectivity index (χ1n) is 7.14. The number of hydrogen-bond acceptors (Lipinski definition) is 5. The third kappa shape index (κ3) is 4.69. The Balaban J connectivity index is 2.25. The van der Waals surface area contributed by atoms with Gasteiger partial charge in [0, 0.05) is 0 Å². The zero-order chi connectivity index (χ0) is 18.4. The highest BCUT2D eigenvalue weighted by Gasteiger charge is 2.20. The summed E-state index contributed by atoms with van der Waals surface area (Å²) in [4.78, 5) is 16.7. The molecule has 4 N–H and O–H groups in total. The highest BCUT2D eigenvalue weighted by atomic mass is 19.2.